The van der Waals surface area contributed by atoms with E-state index in [9.17, 15) is 5.11 Å². The van der Waals surface area contributed by atoms with Crippen molar-refractivity contribution in [2.45, 2.75) is 20.0 Å². The largest absolute Gasteiger partial charge is 0.386 e. The summed E-state index contributed by atoms with van der Waals surface area (Å²) < 4.78 is 0. The van der Waals surface area contributed by atoms with Crippen LogP contribution in [0.1, 0.15) is 22.1 Å². The molecule has 0 aromatic carbocycles. The lowest BCUT2D eigenvalue weighted by molar-refractivity contribution is 0.190. The molecule has 0 aliphatic rings. The highest BCUT2D eigenvalue weighted by Gasteiger charge is 2.11. The van der Waals surface area contributed by atoms with E-state index in [2.05, 4.69) is 0 Å². The smallest absolute Gasteiger partial charge is 0.101 e. The third-order valence-corrected chi connectivity index (χ3v) is 3.15. The second-order valence-corrected chi connectivity index (χ2v) is 3.57. The Morgan fingerprint density at radius 3 is 2.64 bits per heavy atom. The standard InChI is InChI=1S/C8H13NOS/c1-5-4-11-8(6(5)2)7(10)3-9/h4,7,10H,3,9H2,1-2H3. The second-order valence-electron chi connectivity index (χ2n) is 2.66. The van der Waals surface area contributed by atoms with Gasteiger partial charge in [0.05, 0.1) is 0 Å². The van der Waals surface area contributed by atoms with Crippen molar-refractivity contribution in [1.82, 2.24) is 0 Å². The molecule has 0 bridgehead atoms. The molecule has 1 rings (SSSR count). The van der Waals surface area contributed by atoms with Gasteiger partial charge >= 0.3 is 0 Å². The molecule has 0 radical (unpaired) electrons. The molecule has 1 aromatic rings. The van der Waals surface area contributed by atoms with E-state index in [1.807, 2.05) is 19.2 Å². The van der Waals surface area contributed by atoms with Crippen LogP contribution >= 0.6 is 11.3 Å². The summed E-state index contributed by atoms with van der Waals surface area (Å²) in [5, 5.41) is 11.5. The van der Waals surface area contributed by atoms with Gasteiger partial charge in [-0.2, -0.15) is 0 Å². The van der Waals surface area contributed by atoms with Crippen LogP contribution in [0, 0.1) is 13.8 Å². The lowest BCUT2D eigenvalue weighted by Gasteiger charge is -2.05. The van der Waals surface area contributed by atoms with Gasteiger partial charge in [0.1, 0.15) is 6.10 Å². The Hall–Kier alpha value is -0.380. The fourth-order valence-electron chi connectivity index (χ4n) is 0.958. The van der Waals surface area contributed by atoms with Crippen molar-refractivity contribution in [3.05, 3.63) is 21.4 Å². The molecule has 1 aromatic heterocycles. The van der Waals surface area contributed by atoms with Crippen molar-refractivity contribution in [1.29, 1.82) is 0 Å². The highest BCUT2D eigenvalue weighted by atomic mass is 32.1. The highest BCUT2D eigenvalue weighted by molar-refractivity contribution is 7.10. The van der Waals surface area contributed by atoms with Crippen molar-refractivity contribution in [2.24, 2.45) is 5.73 Å². The minimum atomic E-state index is -0.478. The van der Waals surface area contributed by atoms with Gasteiger partial charge < -0.3 is 10.8 Å². The zero-order chi connectivity index (χ0) is 8.43. The first kappa shape index (κ1) is 8.71. The first-order chi connectivity index (χ1) is 5.16. The Morgan fingerprint density at radius 1 is 1.64 bits per heavy atom. The molecule has 0 saturated carbocycles. The minimum Gasteiger partial charge on any atom is -0.386 e. The number of hydrogen-bond acceptors (Lipinski definition) is 3. The monoisotopic (exact) mass is 171 g/mol. The molecule has 0 spiro atoms. The van der Waals surface area contributed by atoms with Gasteiger partial charge in [0, 0.05) is 11.4 Å². The number of aryl methyl sites for hydroxylation is 1. The van der Waals surface area contributed by atoms with Crippen molar-refractivity contribution in [3.8, 4) is 0 Å². The molecule has 0 fully saturated rings. The first-order valence-electron chi connectivity index (χ1n) is 3.59. The Morgan fingerprint density at radius 2 is 2.27 bits per heavy atom. The molecule has 0 saturated heterocycles. The number of hydrogen-bond donors (Lipinski definition) is 2. The third-order valence-electron chi connectivity index (χ3n) is 1.85. The van der Waals surface area contributed by atoms with E-state index in [1.54, 1.807) is 11.3 Å². The topological polar surface area (TPSA) is 46.2 Å². The summed E-state index contributed by atoms with van der Waals surface area (Å²) in [6, 6.07) is 0. The van der Waals surface area contributed by atoms with Crippen LogP contribution < -0.4 is 5.73 Å². The number of aliphatic hydroxyl groups excluding tert-OH is 1. The Kier molecular flexibility index (Phi) is 2.65. The zero-order valence-corrected chi connectivity index (χ0v) is 7.61. The van der Waals surface area contributed by atoms with Crippen molar-refractivity contribution in [2.75, 3.05) is 6.54 Å². The predicted molar refractivity (Wildman–Crippen MR) is 47.8 cm³/mol. The molecule has 0 aliphatic heterocycles. The molecule has 11 heavy (non-hydrogen) atoms. The summed E-state index contributed by atoms with van der Waals surface area (Å²) in [4.78, 5) is 1.00. The van der Waals surface area contributed by atoms with Crippen LogP contribution in [-0.2, 0) is 0 Å². The average Bonchev–Trinajstić information content (AvgIpc) is 2.32. The Labute approximate surface area is 70.7 Å². The maximum absolute atomic E-state index is 9.41. The Bertz CT molecular complexity index is 244. The Balaban J connectivity index is 2.94. The third kappa shape index (κ3) is 1.61. The number of thiophene rings is 1. The van der Waals surface area contributed by atoms with Gasteiger partial charge in [-0.05, 0) is 30.4 Å². The maximum Gasteiger partial charge on any atom is 0.101 e. The van der Waals surface area contributed by atoms with E-state index in [0.717, 1.165) is 4.88 Å². The van der Waals surface area contributed by atoms with Gasteiger partial charge in [0.2, 0.25) is 0 Å². The number of rotatable bonds is 2. The first-order valence-corrected chi connectivity index (χ1v) is 4.47. The minimum absolute atomic E-state index is 0.306. The molecule has 2 nitrogen and oxygen atoms in total. The van der Waals surface area contributed by atoms with Gasteiger partial charge in [-0.15, -0.1) is 11.3 Å². The van der Waals surface area contributed by atoms with Gasteiger partial charge in [-0.1, -0.05) is 0 Å². The van der Waals surface area contributed by atoms with Crippen molar-refractivity contribution in [3.63, 3.8) is 0 Å². The van der Waals surface area contributed by atoms with Crippen LogP contribution in [0.15, 0.2) is 5.38 Å². The van der Waals surface area contributed by atoms with E-state index >= 15 is 0 Å². The highest BCUT2D eigenvalue weighted by Crippen LogP contribution is 2.26. The van der Waals surface area contributed by atoms with E-state index in [4.69, 9.17) is 5.73 Å². The van der Waals surface area contributed by atoms with Gasteiger partial charge in [-0.3, -0.25) is 0 Å². The molecule has 62 valence electrons. The summed E-state index contributed by atoms with van der Waals surface area (Å²) in [5.41, 5.74) is 7.75. The van der Waals surface area contributed by atoms with Gasteiger partial charge in [-0.25, -0.2) is 0 Å². The molecule has 3 heteroatoms. The van der Waals surface area contributed by atoms with Crippen molar-refractivity contribution < 1.29 is 5.11 Å². The molecule has 1 heterocycles. The molecular weight excluding hydrogens is 158 g/mol. The van der Waals surface area contributed by atoms with E-state index in [0.29, 0.717) is 6.54 Å². The summed E-state index contributed by atoms with van der Waals surface area (Å²) in [7, 11) is 0. The predicted octanol–water partition coefficient (Wildman–Crippen LogP) is 1.36. The second kappa shape index (κ2) is 3.34. The SMILES string of the molecule is Cc1csc(C(O)CN)c1C. The van der Waals surface area contributed by atoms with E-state index in [-0.39, 0.29) is 0 Å². The van der Waals surface area contributed by atoms with Gasteiger partial charge in [0.15, 0.2) is 0 Å². The summed E-state index contributed by atoms with van der Waals surface area (Å²) >= 11 is 1.58. The van der Waals surface area contributed by atoms with Crippen molar-refractivity contribution >= 4 is 11.3 Å². The van der Waals surface area contributed by atoms with Crippen LogP contribution in [0.5, 0.6) is 0 Å². The van der Waals surface area contributed by atoms with E-state index < -0.39 is 6.10 Å². The molecule has 1 atom stereocenters. The fraction of sp³-hybridized carbons (Fsp3) is 0.500. The fourth-order valence-corrected chi connectivity index (χ4v) is 2.03. The quantitative estimate of drug-likeness (QED) is 0.705. The molecule has 0 amide bonds. The van der Waals surface area contributed by atoms with Crippen LogP contribution in [0.2, 0.25) is 0 Å². The summed E-state index contributed by atoms with van der Waals surface area (Å²) in [5.74, 6) is 0. The zero-order valence-electron chi connectivity index (χ0n) is 6.79. The summed E-state index contributed by atoms with van der Waals surface area (Å²) in [6.07, 6.45) is -0.478. The van der Waals surface area contributed by atoms with Crippen LogP contribution in [0.3, 0.4) is 0 Å². The van der Waals surface area contributed by atoms with Crippen LogP contribution in [-0.4, -0.2) is 11.7 Å². The van der Waals surface area contributed by atoms with Crippen LogP contribution in [0.25, 0.3) is 0 Å². The van der Waals surface area contributed by atoms with Gasteiger partial charge in [0.25, 0.3) is 0 Å². The molecule has 3 N–H and O–H groups in total. The normalized spacial score (nSPS) is 13.5. The summed E-state index contributed by atoms with van der Waals surface area (Å²) in [6.45, 7) is 4.36. The lowest BCUT2D eigenvalue weighted by Crippen LogP contribution is -2.10. The maximum atomic E-state index is 9.41. The number of nitrogens with two attached hydrogens (primary N) is 1. The molecule has 1 unspecified atom stereocenters. The molecule has 0 aliphatic carbocycles. The average molecular weight is 171 g/mol. The number of aliphatic hydroxyl groups is 1. The van der Waals surface area contributed by atoms with E-state index in [1.165, 1.54) is 11.1 Å². The van der Waals surface area contributed by atoms with Crippen LogP contribution in [0.4, 0.5) is 0 Å². The molecular formula is C8H13NOS. The lowest BCUT2D eigenvalue weighted by atomic mass is 10.1.